The fourth-order valence-electron chi connectivity index (χ4n) is 2.38. The largest absolute Gasteiger partial charge is 0.420 e. The highest BCUT2D eigenvalue weighted by molar-refractivity contribution is 7.62. The van der Waals surface area contributed by atoms with Gasteiger partial charge < -0.3 is 18.8 Å². The molecule has 6 nitrogen and oxygen atoms in total. The lowest BCUT2D eigenvalue weighted by atomic mass is 10.2. The highest BCUT2D eigenvalue weighted by Gasteiger charge is 2.34. The van der Waals surface area contributed by atoms with E-state index in [1.807, 2.05) is 48.5 Å². The lowest BCUT2D eigenvalue weighted by Gasteiger charge is -2.12. The van der Waals surface area contributed by atoms with Crippen LogP contribution in [-0.2, 0) is 20.2 Å². The van der Waals surface area contributed by atoms with Gasteiger partial charge in [0.05, 0.1) is 0 Å². The van der Waals surface area contributed by atoms with Crippen molar-refractivity contribution in [3.05, 3.63) is 65.2 Å². The van der Waals surface area contributed by atoms with Gasteiger partial charge in [-0.05, 0) is 23.8 Å². The van der Waals surface area contributed by atoms with Gasteiger partial charge in [-0.15, -0.1) is 0 Å². The van der Waals surface area contributed by atoms with Crippen LogP contribution in [0.25, 0.3) is 11.5 Å². The van der Waals surface area contributed by atoms with E-state index in [1.54, 1.807) is 6.07 Å². The zero-order valence-corrected chi connectivity index (χ0v) is 16.0. The van der Waals surface area contributed by atoms with Crippen molar-refractivity contribution < 1.29 is 18.0 Å². The van der Waals surface area contributed by atoms with E-state index in [2.05, 4.69) is 10.3 Å². The summed E-state index contributed by atoms with van der Waals surface area (Å²) in [5.74, 6) is 0.535. The molecule has 1 N–H and O–H groups in total. The number of rotatable bonds is 7. The second kappa shape index (κ2) is 8.06. The summed E-state index contributed by atoms with van der Waals surface area (Å²) in [4.78, 5) is 4.35. The molecule has 0 spiro atoms. The van der Waals surface area contributed by atoms with Gasteiger partial charge in [0, 0.05) is 31.4 Å². The first kappa shape index (κ1) is 18.7. The number of hydrogen-bond acceptors (Lipinski definition) is 6. The van der Waals surface area contributed by atoms with Gasteiger partial charge in [0.15, 0.2) is 0 Å². The number of oxazole rings is 1. The van der Waals surface area contributed by atoms with Crippen LogP contribution in [-0.4, -0.2) is 19.2 Å². The molecule has 0 unspecified atom stereocenters. The quantitative estimate of drug-likeness (QED) is 0.586. The number of halogens is 1. The molecule has 1 heterocycles. The maximum absolute atomic E-state index is 12.9. The minimum absolute atomic E-state index is 0.0911. The minimum atomic E-state index is -3.60. The summed E-state index contributed by atoms with van der Waals surface area (Å²) in [5.41, 5.74) is 1.70. The molecule has 136 valence electrons. The van der Waals surface area contributed by atoms with Gasteiger partial charge in [-0.25, -0.2) is 0 Å². The van der Waals surface area contributed by atoms with Crippen LogP contribution in [0.5, 0.6) is 0 Å². The maximum Gasteiger partial charge on any atom is 0.384 e. The average molecular weight is 393 g/mol. The maximum atomic E-state index is 12.9. The van der Waals surface area contributed by atoms with E-state index in [9.17, 15) is 4.57 Å². The topological polar surface area (TPSA) is 73.6 Å². The Kier molecular flexibility index (Phi) is 5.79. The molecular formula is C18H18ClN2O4P. The Morgan fingerprint density at radius 2 is 1.73 bits per heavy atom. The molecule has 26 heavy (non-hydrogen) atoms. The number of nitrogens with one attached hydrogen (secondary N) is 1. The number of anilines is 1. The Morgan fingerprint density at radius 1 is 1.08 bits per heavy atom. The van der Waals surface area contributed by atoms with Crippen molar-refractivity contribution in [3.8, 4) is 11.5 Å². The molecule has 1 aromatic heterocycles. The van der Waals surface area contributed by atoms with Crippen LogP contribution in [0.3, 0.4) is 0 Å². The Labute approximate surface area is 156 Å². The van der Waals surface area contributed by atoms with Gasteiger partial charge >= 0.3 is 7.60 Å². The number of hydrogen-bond donors (Lipinski definition) is 1. The molecule has 0 aliphatic heterocycles. The summed E-state index contributed by atoms with van der Waals surface area (Å²) >= 11 is 6.19. The molecule has 0 amide bonds. The molecule has 2 aromatic carbocycles. The molecular weight excluding hydrogens is 375 g/mol. The van der Waals surface area contributed by atoms with Crippen molar-refractivity contribution in [1.29, 1.82) is 0 Å². The smallest absolute Gasteiger partial charge is 0.384 e. The van der Waals surface area contributed by atoms with E-state index >= 15 is 0 Å². The van der Waals surface area contributed by atoms with Gasteiger partial charge in [0.1, 0.15) is 0 Å². The third-order valence-corrected chi connectivity index (χ3v) is 5.92. The van der Waals surface area contributed by atoms with E-state index in [0.29, 0.717) is 17.5 Å². The van der Waals surface area contributed by atoms with Crippen LogP contribution in [0.4, 0.5) is 5.88 Å². The van der Waals surface area contributed by atoms with Crippen LogP contribution in [0.15, 0.2) is 59.0 Å². The predicted octanol–water partition coefficient (Wildman–Crippen LogP) is 4.72. The molecule has 0 fully saturated rings. The molecule has 0 saturated carbocycles. The van der Waals surface area contributed by atoms with Crippen molar-refractivity contribution in [2.75, 3.05) is 19.5 Å². The second-order valence-electron chi connectivity index (χ2n) is 5.35. The Bertz CT molecular complexity index is 922. The number of nitrogens with zero attached hydrogens (tertiary/aromatic N) is 1. The lowest BCUT2D eigenvalue weighted by molar-refractivity contribution is 0.286. The van der Waals surface area contributed by atoms with Crippen LogP contribution < -0.4 is 10.8 Å². The summed E-state index contributed by atoms with van der Waals surface area (Å²) in [6, 6.07) is 16.7. The molecule has 3 aromatic rings. The van der Waals surface area contributed by atoms with Crippen LogP contribution in [0, 0.1) is 0 Å². The fraction of sp³-hybridized carbons (Fsp3) is 0.167. The Hall–Kier alpha value is -2.11. The summed E-state index contributed by atoms with van der Waals surface area (Å²) in [5, 5.41) is 3.71. The zero-order valence-electron chi connectivity index (χ0n) is 14.3. The van der Waals surface area contributed by atoms with Gasteiger partial charge in [-0.3, -0.25) is 4.57 Å². The van der Waals surface area contributed by atoms with Gasteiger partial charge in [0.25, 0.3) is 0 Å². The van der Waals surface area contributed by atoms with Crippen LogP contribution in [0.2, 0.25) is 5.02 Å². The molecule has 0 saturated heterocycles. The molecule has 0 bridgehead atoms. The van der Waals surface area contributed by atoms with Gasteiger partial charge in [0.2, 0.25) is 17.2 Å². The Balaban J connectivity index is 1.98. The summed E-state index contributed by atoms with van der Waals surface area (Å²) in [6.07, 6.45) is 0. The highest BCUT2D eigenvalue weighted by atomic mass is 35.5. The number of benzene rings is 2. The SMILES string of the molecule is COP(=O)(OC)c1nc(-c2ccccc2)oc1NCc1ccccc1Cl. The normalized spacial score (nSPS) is 11.5. The summed E-state index contributed by atoms with van der Waals surface area (Å²) in [6.45, 7) is 0.365. The van der Waals surface area contributed by atoms with Gasteiger partial charge in [-0.2, -0.15) is 4.98 Å². The number of aromatic nitrogens is 1. The van der Waals surface area contributed by atoms with Crippen LogP contribution in [0.1, 0.15) is 5.56 Å². The second-order valence-corrected chi connectivity index (χ2v) is 7.90. The standard InChI is InChI=1S/C18H18ClN2O4P/c1-23-26(22,24-2)18-17(20-12-14-10-6-7-11-15(14)19)25-16(21-18)13-8-4-3-5-9-13/h3-11,20H,12H2,1-2H3. The third kappa shape index (κ3) is 3.84. The first-order valence-electron chi connectivity index (χ1n) is 7.83. The van der Waals surface area contributed by atoms with E-state index in [1.165, 1.54) is 14.2 Å². The van der Waals surface area contributed by atoms with Gasteiger partial charge in [-0.1, -0.05) is 48.0 Å². The minimum Gasteiger partial charge on any atom is -0.420 e. The van der Waals surface area contributed by atoms with E-state index in [-0.39, 0.29) is 11.3 Å². The Morgan fingerprint density at radius 3 is 2.38 bits per heavy atom. The van der Waals surface area contributed by atoms with Crippen molar-refractivity contribution >= 4 is 30.5 Å². The van der Waals surface area contributed by atoms with Crippen molar-refractivity contribution in [2.45, 2.75) is 6.54 Å². The van der Waals surface area contributed by atoms with Crippen molar-refractivity contribution in [1.82, 2.24) is 4.98 Å². The molecule has 3 rings (SSSR count). The van der Waals surface area contributed by atoms with E-state index < -0.39 is 7.60 Å². The summed E-state index contributed by atoms with van der Waals surface area (Å²) in [7, 11) is -0.995. The molecule has 0 aliphatic rings. The van der Waals surface area contributed by atoms with E-state index in [0.717, 1.165) is 11.1 Å². The molecule has 8 heteroatoms. The van der Waals surface area contributed by atoms with Crippen molar-refractivity contribution in [3.63, 3.8) is 0 Å². The lowest BCUT2D eigenvalue weighted by Crippen LogP contribution is -2.15. The first-order chi connectivity index (χ1) is 12.6. The van der Waals surface area contributed by atoms with E-state index in [4.69, 9.17) is 25.1 Å². The fourth-order valence-corrected chi connectivity index (χ4v) is 3.67. The highest BCUT2D eigenvalue weighted by Crippen LogP contribution is 2.47. The molecule has 0 radical (unpaired) electrons. The summed E-state index contributed by atoms with van der Waals surface area (Å²) < 4.78 is 28.8. The third-order valence-electron chi connectivity index (χ3n) is 3.77. The molecule has 0 atom stereocenters. The monoisotopic (exact) mass is 392 g/mol. The van der Waals surface area contributed by atoms with Crippen LogP contribution >= 0.6 is 19.2 Å². The zero-order chi connectivity index (χ0) is 18.6. The van der Waals surface area contributed by atoms with Crippen molar-refractivity contribution in [2.24, 2.45) is 0 Å². The average Bonchev–Trinajstić information content (AvgIpc) is 3.12. The first-order valence-corrected chi connectivity index (χ1v) is 9.75. The molecule has 0 aliphatic carbocycles. The predicted molar refractivity (Wildman–Crippen MR) is 102 cm³/mol.